The third-order valence-electron chi connectivity index (χ3n) is 5.10. The number of ketones is 1. The third kappa shape index (κ3) is 8.27. The molecule has 39 heavy (non-hydrogen) atoms. The molecule has 0 N–H and O–H groups in total. The summed E-state index contributed by atoms with van der Waals surface area (Å²) < 4.78 is 26.6. The van der Waals surface area contributed by atoms with Crippen LogP contribution in [0.5, 0.6) is 11.5 Å². The monoisotopic (exact) mass is 669 g/mol. The van der Waals surface area contributed by atoms with Gasteiger partial charge in [-0.2, -0.15) is 5.26 Å². The van der Waals surface area contributed by atoms with Gasteiger partial charge in [-0.3, -0.25) is 4.79 Å². The van der Waals surface area contributed by atoms with Crippen LogP contribution >= 0.6 is 33.9 Å². The van der Waals surface area contributed by atoms with E-state index in [9.17, 15) is 24.4 Å². The predicted octanol–water partition coefficient (Wildman–Crippen LogP) is 4.68. The SMILES string of the molecule is CCOC(=O)COc1c(I)cc(/C=C(\C#N)C(=O)Cc2sc(C(=O)OCC)c(C)c2C(=O)OCC)cc1OC. The molecular weight excluding hydrogens is 641 g/mol. The van der Waals surface area contributed by atoms with E-state index < -0.39 is 23.7 Å². The number of allylic oxidation sites excluding steroid dienone is 1. The van der Waals surface area contributed by atoms with Gasteiger partial charge >= 0.3 is 17.9 Å². The first-order chi connectivity index (χ1) is 18.6. The van der Waals surface area contributed by atoms with Crippen molar-refractivity contribution in [2.24, 2.45) is 0 Å². The lowest BCUT2D eigenvalue weighted by Crippen LogP contribution is -2.15. The van der Waals surface area contributed by atoms with Crippen LogP contribution in [0.25, 0.3) is 6.08 Å². The first-order valence-electron chi connectivity index (χ1n) is 11.9. The standard InChI is InChI=1S/C27H28INO9S/c1-6-35-22(31)14-38-24-18(28)10-16(11-20(24)34-5)9-17(13-29)19(30)12-21-23(26(32)36-7-2)15(4)25(39-21)27(33)37-8-3/h9-11H,6-8,12,14H2,1-5H3/b17-9+. The Morgan fingerprint density at radius 2 is 1.67 bits per heavy atom. The maximum absolute atomic E-state index is 13.2. The van der Waals surface area contributed by atoms with E-state index in [2.05, 4.69) is 0 Å². The van der Waals surface area contributed by atoms with E-state index in [-0.39, 0.29) is 48.9 Å². The number of esters is 3. The molecule has 1 aromatic heterocycles. The number of rotatable bonds is 13. The lowest BCUT2D eigenvalue weighted by Gasteiger charge is -2.13. The largest absolute Gasteiger partial charge is 0.493 e. The molecule has 0 atom stereocenters. The topological polar surface area (TPSA) is 138 Å². The van der Waals surface area contributed by atoms with Crippen molar-refractivity contribution in [1.82, 2.24) is 0 Å². The van der Waals surface area contributed by atoms with E-state index in [1.165, 1.54) is 13.2 Å². The number of hydrogen-bond donors (Lipinski definition) is 0. The smallest absolute Gasteiger partial charge is 0.348 e. The molecule has 0 saturated heterocycles. The lowest BCUT2D eigenvalue weighted by atomic mass is 10.0. The minimum Gasteiger partial charge on any atom is -0.493 e. The minimum absolute atomic E-state index is 0.111. The summed E-state index contributed by atoms with van der Waals surface area (Å²) in [5.41, 5.74) is 0.783. The third-order valence-corrected chi connectivity index (χ3v) is 7.18. The number of halogens is 1. The number of hydrogen-bond acceptors (Lipinski definition) is 11. The Hall–Kier alpha value is -3.44. The van der Waals surface area contributed by atoms with Crippen LogP contribution in [-0.4, -0.2) is 57.2 Å². The molecule has 0 spiro atoms. The average molecular weight is 669 g/mol. The van der Waals surface area contributed by atoms with Crippen molar-refractivity contribution in [3.63, 3.8) is 0 Å². The fourth-order valence-electron chi connectivity index (χ4n) is 3.44. The molecule has 0 aliphatic rings. The Morgan fingerprint density at radius 3 is 2.26 bits per heavy atom. The van der Waals surface area contributed by atoms with Gasteiger partial charge in [0.15, 0.2) is 23.9 Å². The molecule has 0 amide bonds. The van der Waals surface area contributed by atoms with Gasteiger partial charge in [0.2, 0.25) is 0 Å². The number of ether oxygens (including phenoxy) is 5. The molecule has 0 aliphatic heterocycles. The highest BCUT2D eigenvalue weighted by Gasteiger charge is 2.28. The first kappa shape index (κ1) is 31.8. The Labute approximate surface area is 244 Å². The van der Waals surface area contributed by atoms with Gasteiger partial charge in [-0.25, -0.2) is 14.4 Å². The van der Waals surface area contributed by atoms with E-state index in [0.717, 1.165) is 11.3 Å². The highest BCUT2D eigenvalue weighted by Crippen LogP contribution is 2.35. The summed E-state index contributed by atoms with van der Waals surface area (Å²) in [7, 11) is 1.42. The quantitative estimate of drug-likeness (QED) is 0.0972. The van der Waals surface area contributed by atoms with Gasteiger partial charge < -0.3 is 23.7 Å². The Balaban J connectivity index is 2.41. The second-order valence-electron chi connectivity index (χ2n) is 7.69. The maximum Gasteiger partial charge on any atom is 0.348 e. The highest BCUT2D eigenvalue weighted by atomic mass is 127. The average Bonchev–Trinajstić information content (AvgIpc) is 3.22. The molecule has 0 saturated carbocycles. The molecule has 1 heterocycles. The van der Waals surface area contributed by atoms with Crippen molar-refractivity contribution in [1.29, 1.82) is 5.26 Å². The summed E-state index contributed by atoms with van der Waals surface area (Å²) in [6.45, 7) is 6.76. The van der Waals surface area contributed by atoms with Crippen LogP contribution in [0.3, 0.4) is 0 Å². The van der Waals surface area contributed by atoms with Crippen LogP contribution in [0, 0.1) is 21.8 Å². The summed E-state index contributed by atoms with van der Waals surface area (Å²) in [6, 6.07) is 5.13. The number of nitrogens with zero attached hydrogens (tertiary/aromatic N) is 1. The molecule has 208 valence electrons. The number of carbonyl (C=O) groups excluding carboxylic acids is 4. The summed E-state index contributed by atoms with van der Waals surface area (Å²) in [6.07, 6.45) is 1.09. The van der Waals surface area contributed by atoms with Gasteiger partial charge in [0, 0.05) is 11.3 Å². The number of carbonyl (C=O) groups is 4. The molecule has 0 unspecified atom stereocenters. The lowest BCUT2D eigenvalue weighted by molar-refractivity contribution is -0.145. The van der Waals surface area contributed by atoms with Crippen molar-refractivity contribution in [3.05, 3.63) is 47.7 Å². The number of thiophene rings is 1. The van der Waals surface area contributed by atoms with Gasteiger partial charge in [-0.1, -0.05) is 0 Å². The van der Waals surface area contributed by atoms with Crippen molar-refractivity contribution in [2.75, 3.05) is 33.5 Å². The summed E-state index contributed by atoms with van der Waals surface area (Å²) >= 11 is 2.95. The molecule has 2 rings (SSSR count). The predicted molar refractivity (Wildman–Crippen MR) is 151 cm³/mol. The molecule has 1 aromatic carbocycles. The number of benzene rings is 1. The molecule has 0 aliphatic carbocycles. The molecule has 12 heteroatoms. The van der Waals surface area contributed by atoms with E-state index in [1.54, 1.807) is 39.8 Å². The van der Waals surface area contributed by atoms with Gasteiger partial charge in [-0.05, 0) is 79.6 Å². The van der Waals surface area contributed by atoms with Crippen molar-refractivity contribution < 1.29 is 42.9 Å². The molecule has 0 radical (unpaired) electrons. The number of methoxy groups -OCH3 is 1. The second kappa shape index (κ2) is 15.2. The summed E-state index contributed by atoms with van der Waals surface area (Å²) in [5.74, 6) is -1.75. The van der Waals surface area contributed by atoms with Crippen LogP contribution < -0.4 is 9.47 Å². The fraction of sp³-hybridized carbons (Fsp3) is 0.370. The normalized spacial score (nSPS) is 10.8. The van der Waals surface area contributed by atoms with Crippen LogP contribution in [0.15, 0.2) is 17.7 Å². The Bertz CT molecular complexity index is 1320. The van der Waals surface area contributed by atoms with Gasteiger partial charge in [-0.15, -0.1) is 11.3 Å². The van der Waals surface area contributed by atoms with Crippen LogP contribution in [0.1, 0.15) is 56.8 Å². The summed E-state index contributed by atoms with van der Waals surface area (Å²) in [4.78, 5) is 50.4. The Kier molecular flexibility index (Phi) is 12.4. The molecule has 0 bridgehead atoms. The number of Topliss-reactive ketones (excluding diaryl/α,β-unsaturated/α-hetero) is 1. The Morgan fingerprint density at radius 1 is 1.03 bits per heavy atom. The van der Waals surface area contributed by atoms with Crippen LogP contribution in [-0.2, 0) is 30.2 Å². The molecular formula is C27H28INO9S. The van der Waals surface area contributed by atoms with Crippen molar-refractivity contribution >= 4 is 63.7 Å². The fourth-order valence-corrected chi connectivity index (χ4v) is 5.41. The zero-order valence-corrected chi connectivity index (χ0v) is 25.1. The maximum atomic E-state index is 13.2. The van der Waals surface area contributed by atoms with E-state index in [4.69, 9.17) is 23.7 Å². The highest BCUT2D eigenvalue weighted by molar-refractivity contribution is 14.1. The minimum atomic E-state index is -0.662. The van der Waals surface area contributed by atoms with Gasteiger partial charge in [0.25, 0.3) is 0 Å². The first-order valence-corrected chi connectivity index (χ1v) is 13.8. The van der Waals surface area contributed by atoms with Crippen molar-refractivity contribution in [3.8, 4) is 17.6 Å². The zero-order valence-electron chi connectivity index (χ0n) is 22.2. The van der Waals surface area contributed by atoms with Crippen LogP contribution in [0.2, 0.25) is 0 Å². The summed E-state index contributed by atoms with van der Waals surface area (Å²) in [5, 5.41) is 9.75. The molecule has 10 nitrogen and oxygen atoms in total. The van der Waals surface area contributed by atoms with E-state index in [1.807, 2.05) is 28.7 Å². The number of nitriles is 1. The van der Waals surface area contributed by atoms with Crippen LogP contribution in [0.4, 0.5) is 0 Å². The zero-order chi connectivity index (χ0) is 29.1. The van der Waals surface area contributed by atoms with E-state index in [0.29, 0.717) is 31.1 Å². The molecule has 0 fully saturated rings. The molecule has 2 aromatic rings. The van der Waals surface area contributed by atoms with Crippen molar-refractivity contribution in [2.45, 2.75) is 34.1 Å². The van der Waals surface area contributed by atoms with E-state index >= 15 is 0 Å². The van der Waals surface area contributed by atoms with Gasteiger partial charge in [0.05, 0.1) is 41.6 Å². The van der Waals surface area contributed by atoms with Gasteiger partial charge in [0.1, 0.15) is 10.9 Å². The second-order valence-corrected chi connectivity index (χ2v) is 9.96.